The number of benzene rings is 4. The number of carbonyl (C=O) groups is 3. The van der Waals surface area contributed by atoms with Crippen molar-refractivity contribution in [2.45, 2.75) is 17.1 Å². The zero-order chi connectivity index (χ0) is 31.2. The summed E-state index contributed by atoms with van der Waals surface area (Å²) in [6.45, 7) is 1.99. The quantitative estimate of drug-likeness (QED) is 0.121. The van der Waals surface area contributed by atoms with Crippen molar-refractivity contribution in [2.24, 2.45) is 0 Å². The van der Waals surface area contributed by atoms with E-state index in [4.69, 9.17) is 27.9 Å². The smallest absolute Gasteiger partial charge is 0.341 e. The molecule has 0 saturated carbocycles. The number of thioether (sulfide) groups is 1. The van der Waals surface area contributed by atoms with Gasteiger partial charge in [0.1, 0.15) is 15.8 Å². The fourth-order valence-electron chi connectivity index (χ4n) is 4.43. The van der Waals surface area contributed by atoms with E-state index < -0.39 is 11.2 Å². The predicted molar refractivity (Wildman–Crippen MR) is 180 cm³/mol. The number of nitrogens with one attached hydrogen (secondary N) is 2. The largest absolute Gasteiger partial charge is 0.465 e. The molecule has 44 heavy (non-hydrogen) atoms. The van der Waals surface area contributed by atoms with Gasteiger partial charge in [-0.1, -0.05) is 89.4 Å². The van der Waals surface area contributed by atoms with Crippen molar-refractivity contribution < 1.29 is 19.1 Å². The van der Waals surface area contributed by atoms with Crippen LogP contribution in [0.25, 0.3) is 11.1 Å². The Morgan fingerprint density at radius 2 is 1.61 bits per heavy atom. The minimum atomic E-state index is -0.678. The van der Waals surface area contributed by atoms with Gasteiger partial charge in [-0.25, -0.2) is 4.79 Å². The molecule has 10 heteroatoms. The number of methoxy groups -OCH3 is 1. The summed E-state index contributed by atoms with van der Waals surface area (Å²) in [7, 11) is 1.32. The van der Waals surface area contributed by atoms with Gasteiger partial charge in [0.15, 0.2) is 0 Å². The topological polar surface area (TPSA) is 84.5 Å². The Balaban J connectivity index is 1.41. The number of amides is 2. The lowest BCUT2D eigenvalue weighted by atomic mass is 10.0. The summed E-state index contributed by atoms with van der Waals surface area (Å²) < 4.78 is 5.10. The van der Waals surface area contributed by atoms with E-state index in [9.17, 15) is 14.4 Å². The lowest BCUT2D eigenvalue weighted by Crippen LogP contribution is -2.20. The summed E-state index contributed by atoms with van der Waals surface area (Å²) >= 11 is 14.8. The van der Waals surface area contributed by atoms with Crippen molar-refractivity contribution in [3.8, 4) is 11.1 Å². The molecule has 0 fully saturated rings. The maximum Gasteiger partial charge on any atom is 0.341 e. The second-order valence-corrected chi connectivity index (χ2v) is 12.6. The molecule has 2 N–H and O–H groups in total. The monoisotopic (exact) mass is 660 g/mol. The molecule has 0 saturated heterocycles. The third-order valence-corrected chi connectivity index (χ3v) is 9.33. The van der Waals surface area contributed by atoms with E-state index in [1.54, 1.807) is 30.3 Å². The van der Waals surface area contributed by atoms with Crippen LogP contribution in [-0.2, 0) is 9.53 Å². The number of hydrogen-bond acceptors (Lipinski definition) is 6. The fraction of sp³-hybridized carbons (Fsp3) is 0.0882. The molecule has 1 atom stereocenters. The van der Waals surface area contributed by atoms with Crippen molar-refractivity contribution in [3.05, 3.63) is 135 Å². The van der Waals surface area contributed by atoms with Gasteiger partial charge in [-0.3, -0.25) is 9.59 Å². The van der Waals surface area contributed by atoms with Crippen molar-refractivity contribution in [1.29, 1.82) is 0 Å². The van der Waals surface area contributed by atoms with Gasteiger partial charge in [-0.15, -0.1) is 23.1 Å². The van der Waals surface area contributed by atoms with Crippen LogP contribution in [0.4, 0.5) is 10.7 Å². The molecule has 0 aliphatic heterocycles. The minimum absolute atomic E-state index is 0.242. The standard InChI is InChI=1S/C34H26Cl2N2O4S2/c1-20-11-13-21(14-12-20)27-19-43-33(29(27)34(41)42-2)38-32(40)30(22-7-4-3-5-8-22)44-25-10-6-9-24(18-25)37-31(39)26-16-15-23(35)17-28(26)36/h3-19,30H,1-2H3,(H,37,39)(H,38,40). The van der Waals surface area contributed by atoms with Crippen molar-refractivity contribution in [1.82, 2.24) is 0 Å². The zero-order valence-corrected chi connectivity index (χ0v) is 26.7. The molecular formula is C34H26Cl2N2O4S2. The van der Waals surface area contributed by atoms with Crippen LogP contribution in [0.2, 0.25) is 10.0 Å². The summed E-state index contributed by atoms with van der Waals surface area (Å²) in [4.78, 5) is 40.5. The van der Waals surface area contributed by atoms with Crippen LogP contribution >= 0.6 is 46.3 Å². The van der Waals surface area contributed by atoms with E-state index in [-0.39, 0.29) is 22.4 Å². The van der Waals surface area contributed by atoms with E-state index in [1.165, 1.54) is 36.3 Å². The number of rotatable bonds is 9. The van der Waals surface area contributed by atoms with Crippen LogP contribution < -0.4 is 10.6 Å². The Hall–Kier alpha value is -4.08. The Kier molecular flexibility index (Phi) is 10.1. The summed E-state index contributed by atoms with van der Waals surface area (Å²) in [6, 6.07) is 29.0. The average molecular weight is 662 g/mol. The van der Waals surface area contributed by atoms with E-state index in [1.807, 2.05) is 73.0 Å². The molecule has 0 aliphatic carbocycles. The highest BCUT2D eigenvalue weighted by atomic mass is 35.5. The van der Waals surface area contributed by atoms with Crippen LogP contribution in [0.15, 0.2) is 107 Å². The lowest BCUT2D eigenvalue weighted by molar-refractivity contribution is -0.115. The van der Waals surface area contributed by atoms with E-state index in [0.717, 1.165) is 21.6 Å². The molecular weight excluding hydrogens is 635 g/mol. The molecule has 0 bridgehead atoms. The van der Waals surface area contributed by atoms with Gasteiger partial charge < -0.3 is 15.4 Å². The third kappa shape index (κ3) is 7.34. The second-order valence-electron chi connectivity index (χ2n) is 9.72. The van der Waals surface area contributed by atoms with Crippen LogP contribution in [-0.4, -0.2) is 24.9 Å². The third-order valence-electron chi connectivity index (χ3n) is 6.64. The normalized spacial score (nSPS) is 11.5. The first-order chi connectivity index (χ1) is 21.2. The van der Waals surface area contributed by atoms with Crippen molar-refractivity contribution in [3.63, 3.8) is 0 Å². The molecule has 2 amide bonds. The van der Waals surface area contributed by atoms with Crippen LogP contribution in [0, 0.1) is 6.92 Å². The van der Waals surface area contributed by atoms with E-state index in [2.05, 4.69) is 10.6 Å². The Labute approximate surface area is 273 Å². The van der Waals surface area contributed by atoms with Gasteiger partial charge in [0.2, 0.25) is 5.91 Å². The highest BCUT2D eigenvalue weighted by molar-refractivity contribution is 8.00. The molecule has 6 nitrogen and oxygen atoms in total. The molecule has 1 aromatic heterocycles. The van der Waals surface area contributed by atoms with Gasteiger partial charge >= 0.3 is 5.97 Å². The maximum atomic E-state index is 13.9. The number of carbonyl (C=O) groups excluding carboxylic acids is 3. The number of halogens is 2. The Morgan fingerprint density at radius 3 is 2.32 bits per heavy atom. The van der Waals surface area contributed by atoms with Gasteiger partial charge in [0, 0.05) is 26.5 Å². The van der Waals surface area contributed by atoms with Gasteiger partial charge in [-0.2, -0.15) is 0 Å². The van der Waals surface area contributed by atoms with E-state index in [0.29, 0.717) is 26.8 Å². The van der Waals surface area contributed by atoms with Crippen molar-refractivity contribution >= 4 is 74.8 Å². The number of esters is 1. The highest BCUT2D eigenvalue weighted by Gasteiger charge is 2.27. The van der Waals surface area contributed by atoms with Gasteiger partial charge in [0.25, 0.3) is 5.91 Å². The molecule has 4 aromatic carbocycles. The SMILES string of the molecule is COC(=O)c1c(-c2ccc(C)cc2)csc1NC(=O)C(Sc1cccc(NC(=O)c2ccc(Cl)cc2Cl)c1)c1ccccc1. The summed E-state index contributed by atoms with van der Waals surface area (Å²) in [5.74, 6) is -1.24. The molecule has 0 radical (unpaired) electrons. The average Bonchev–Trinajstić information content (AvgIpc) is 3.43. The molecule has 5 rings (SSSR count). The first-order valence-electron chi connectivity index (χ1n) is 13.4. The molecule has 5 aromatic rings. The number of aryl methyl sites for hydroxylation is 1. The number of anilines is 2. The molecule has 0 aliphatic rings. The summed E-state index contributed by atoms with van der Waals surface area (Å²) in [5.41, 5.74) is 4.53. The molecule has 0 spiro atoms. The Bertz CT molecular complexity index is 1830. The highest BCUT2D eigenvalue weighted by Crippen LogP contribution is 2.40. The number of ether oxygens (including phenoxy) is 1. The molecule has 1 unspecified atom stereocenters. The van der Waals surface area contributed by atoms with Gasteiger partial charge in [0.05, 0.1) is 17.7 Å². The van der Waals surface area contributed by atoms with E-state index >= 15 is 0 Å². The number of hydrogen-bond donors (Lipinski definition) is 2. The van der Waals surface area contributed by atoms with Crippen LogP contribution in [0.5, 0.6) is 0 Å². The second kappa shape index (κ2) is 14.1. The summed E-state index contributed by atoms with van der Waals surface area (Å²) in [6.07, 6.45) is 0. The molecule has 222 valence electrons. The zero-order valence-electron chi connectivity index (χ0n) is 23.6. The minimum Gasteiger partial charge on any atom is -0.465 e. The van der Waals surface area contributed by atoms with Gasteiger partial charge in [-0.05, 0) is 54.4 Å². The first kappa shape index (κ1) is 31.3. The van der Waals surface area contributed by atoms with Crippen LogP contribution in [0.3, 0.4) is 0 Å². The maximum absolute atomic E-state index is 13.9. The first-order valence-corrected chi connectivity index (χ1v) is 15.9. The van der Waals surface area contributed by atoms with Crippen molar-refractivity contribution in [2.75, 3.05) is 17.7 Å². The predicted octanol–water partition coefficient (Wildman–Crippen LogP) is 9.54. The summed E-state index contributed by atoms with van der Waals surface area (Å²) in [5, 5.41) is 8.09. The lowest BCUT2D eigenvalue weighted by Gasteiger charge is -2.18. The van der Waals surface area contributed by atoms with Crippen LogP contribution in [0.1, 0.15) is 37.1 Å². The number of thiophene rings is 1. The molecule has 1 heterocycles. The Morgan fingerprint density at radius 1 is 0.864 bits per heavy atom. The fourth-order valence-corrected chi connectivity index (χ4v) is 6.97.